The van der Waals surface area contributed by atoms with E-state index in [0.717, 1.165) is 6.07 Å². The zero-order valence-electron chi connectivity index (χ0n) is 10.1. The van der Waals surface area contributed by atoms with Gasteiger partial charge in [-0.15, -0.1) is 0 Å². The Balaban J connectivity index is 2.24. The van der Waals surface area contributed by atoms with Crippen LogP contribution in [-0.2, 0) is 10.9 Å². The molecule has 0 aliphatic carbocycles. The van der Waals surface area contributed by atoms with Gasteiger partial charge in [-0.1, -0.05) is 6.07 Å². The fraction of sp³-hybridized carbons (Fsp3) is 0.538. The quantitative estimate of drug-likeness (QED) is 0.841. The number of halogens is 4. The van der Waals surface area contributed by atoms with Gasteiger partial charge in [0.1, 0.15) is 5.82 Å². The number of rotatable bonds is 2. The molecule has 2 rings (SSSR count). The van der Waals surface area contributed by atoms with Crippen LogP contribution in [0.3, 0.4) is 0 Å². The molecular weight excluding hydrogens is 264 g/mol. The second kappa shape index (κ2) is 5.46. The van der Waals surface area contributed by atoms with Crippen LogP contribution in [0.4, 0.5) is 17.6 Å². The van der Waals surface area contributed by atoms with Crippen LogP contribution < -0.4 is 0 Å². The van der Waals surface area contributed by atoms with Gasteiger partial charge in [0.25, 0.3) is 0 Å². The number of ether oxygens (including phenoxy) is 1. The average Bonchev–Trinajstić information content (AvgIpc) is 2.38. The van der Waals surface area contributed by atoms with Crippen LogP contribution >= 0.6 is 0 Å². The van der Waals surface area contributed by atoms with E-state index in [1.54, 1.807) is 0 Å². The molecule has 1 aliphatic heterocycles. The lowest BCUT2D eigenvalue weighted by Crippen LogP contribution is -2.22. The highest BCUT2D eigenvalue weighted by atomic mass is 19.4. The normalized spacial score (nSPS) is 19.4. The zero-order valence-corrected chi connectivity index (χ0v) is 10.1. The molecule has 1 unspecified atom stereocenters. The molecule has 0 saturated carbocycles. The van der Waals surface area contributed by atoms with E-state index in [1.165, 1.54) is 6.07 Å². The lowest BCUT2D eigenvalue weighted by atomic mass is 9.89. The van der Waals surface area contributed by atoms with Crippen LogP contribution in [-0.4, -0.2) is 18.3 Å². The number of hydrogen-bond acceptors (Lipinski definition) is 2. The predicted octanol–water partition coefficient (Wildman–Crippen LogP) is 3.30. The Morgan fingerprint density at radius 2 is 1.84 bits per heavy atom. The van der Waals surface area contributed by atoms with Crippen LogP contribution in [0, 0.1) is 11.7 Å². The lowest BCUT2D eigenvalue weighted by Gasteiger charge is -2.27. The van der Waals surface area contributed by atoms with Gasteiger partial charge in [-0.3, -0.25) is 0 Å². The van der Waals surface area contributed by atoms with Gasteiger partial charge in [-0.2, -0.15) is 13.2 Å². The van der Waals surface area contributed by atoms with Crippen molar-refractivity contribution >= 4 is 0 Å². The monoisotopic (exact) mass is 278 g/mol. The molecule has 1 saturated heterocycles. The molecule has 6 heteroatoms. The fourth-order valence-corrected chi connectivity index (χ4v) is 2.25. The Morgan fingerprint density at radius 1 is 1.21 bits per heavy atom. The summed E-state index contributed by atoms with van der Waals surface area (Å²) in [5.41, 5.74) is -1.24. The summed E-state index contributed by atoms with van der Waals surface area (Å²) < 4.78 is 56.1. The highest BCUT2D eigenvalue weighted by Gasteiger charge is 2.35. The molecule has 106 valence electrons. The maximum atomic E-state index is 13.1. The van der Waals surface area contributed by atoms with Gasteiger partial charge < -0.3 is 9.84 Å². The summed E-state index contributed by atoms with van der Waals surface area (Å²) >= 11 is 0. The Labute approximate surface area is 108 Å². The summed E-state index contributed by atoms with van der Waals surface area (Å²) in [5, 5.41) is 10.1. The molecule has 1 fully saturated rings. The summed E-state index contributed by atoms with van der Waals surface area (Å²) in [4.78, 5) is 0. The first-order chi connectivity index (χ1) is 8.89. The molecule has 1 heterocycles. The third kappa shape index (κ3) is 3.25. The van der Waals surface area contributed by atoms with E-state index < -0.39 is 23.7 Å². The van der Waals surface area contributed by atoms with Gasteiger partial charge in [0.05, 0.1) is 11.7 Å². The first kappa shape index (κ1) is 14.3. The van der Waals surface area contributed by atoms with E-state index in [2.05, 4.69) is 0 Å². The summed E-state index contributed by atoms with van der Waals surface area (Å²) in [6.07, 6.45) is -4.61. The smallest absolute Gasteiger partial charge is 0.388 e. The minimum absolute atomic E-state index is 0.0978. The lowest BCUT2D eigenvalue weighted by molar-refractivity contribution is -0.140. The maximum Gasteiger partial charge on any atom is 0.419 e. The number of alkyl halides is 3. The molecule has 1 aromatic rings. The molecule has 19 heavy (non-hydrogen) atoms. The summed E-state index contributed by atoms with van der Waals surface area (Å²) in [6.45, 7) is 0.962. The Kier molecular flexibility index (Phi) is 4.10. The Hall–Kier alpha value is -1.14. The van der Waals surface area contributed by atoms with E-state index in [-0.39, 0.29) is 11.5 Å². The van der Waals surface area contributed by atoms with E-state index >= 15 is 0 Å². The first-order valence-corrected chi connectivity index (χ1v) is 6.02. The molecule has 0 spiro atoms. The predicted molar refractivity (Wildman–Crippen MR) is 59.9 cm³/mol. The minimum Gasteiger partial charge on any atom is -0.388 e. The largest absolute Gasteiger partial charge is 0.419 e. The van der Waals surface area contributed by atoms with E-state index in [1.807, 2.05) is 0 Å². The van der Waals surface area contributed by atoms with Crippen molar-refractivity contribution < 1.29 is 27.4 Å². The standard InChI is InChI=1S/C13H14F4O2/c14-11-2-1-9(7-10(11)13(15,16)17)12(18)8-3-5-19-6-4-8/h1-2,7-8,12,18H,3-6H2. The zero-order chi connectivity index (χ0) is 14.0. The molecule has 0 bridgehead atoms. The van der Waals surface area contributed by atoms with Crippen molar-refractivity contribution in [3.8, 4) is 0 Å². The van der Waals surface area contributed by atoms with E-state index in [9.17, 15) is 22.7 Å². The van der Waals surface area contributed by atoms with Gasteiger partial charge in [0.2, 0.25) is 0 Å². The van der Waals surface area contributed by atoms with Crippen LogP contribution in [0.25, 0.3) is 0 Å². The van der Waals surface area contributed by atoms with Crippen LogP contribution in [0.1, 0.15) is 30.1 Å². The minimum atomic E-state index is -4.75. The van der Waals surface area contributed by atoms with Crippen molar-refractivity contribution in [3.63, 3.8) is 0 Å². The van der Waals surface area contributed by atoms with Gasteiger partial charge in [0, 0.05) is 13.2 Å². The molecule has 0 aromatic heterocycles. The molecule has 0 radical (unpaired) electrons. The van der Waals surface area contributed by atoms with E-state index in [0.29, 0.717) is 32.1 Å². The number of benzene rings is 1. The Morgan fingerprint density at radius 3 is 2.42 bits per heavy atom. The summed E-state index contributed by atoms with van der Waals surface area (Å²) in [6, 6.07) is 2.64. The van der Waals surface area contributed by atoms with Crippen molar-refractivity contribution in [2.75, 3.05) is 13.2 Å². The van der Waals surface area contributed by atoms with Crippen molar-refractivity contribution in [2.24, 2.45) is 5.92 Å². The van der Waals surface area contributed by atoms with Gasteiger partial charge in [-0.25, -0.2) is 4.39 Å². The van der Waals surface area contributed by atoms with Gasteiger partial charge >= 0.3 is 6.18 Å². The van der Waals surface area contributed by atoms with Crippen molar-refractivity contribution in [1.82, 2.24) is 0 Å². The van der Waals surface area contributed by atoms with Crippen molar-refractivity contribution in [3.05, 3.63) is 35.1 Å². The SMILES string of the molecule is OC(c1ccc(F)c(C(F)(F)F)c1)C1CCOCC1. The second-order valence-corrected chi connectivity index (χ2v) is 4.63. The van der Waals surface area contributed by atoms with Crippen LogP contribution in [0.5, 0.6) is 0 Å². The van der Waals surface area contributed by atoms with Crippen LogP contribution in [0.15, 0.2) is 18.2 Å². The summed E-state index contributed by atoms with van der Waals surface area (Å²) in [7, 11) is 0. The van der Waals surface area contributed by atoms with Gasteiger partial charge in [-0.05, 0) is 36.5 Å². The van der Waals surface area contributed by atoms with E-state index in [4.69, 9.17) is 4.74 Å². The molecular formula is C13H14F4O2. The summed E-state index contributed by atoms with van der Waals surface area (Å²) in [5.74, 6) is -1.48. The van der Waals surface area contributed by atoms with Crippen LogP contribution in [0.2, 0.25) is 0 Å². The molecule has 1 aromatic carbocycles. The molecule has 1 atom stereocenters. The molecule has 1 aliphatic rings. The number of aliphatic hydroxyl groups is 1. The topological polar surface area (TPSA) is 29.5 Å². The third-order valence-corrected chi connectivity index (χ3v) is 3.35. The maximum absolute atomic E-state index is 13.1. The third-order valence-electron chi connectivity index (χ3n) is 3.35. The first-order valence-electron chi connectivity index (χ1n) is 6.02. The molecule has 1 N–H and O–H groups in total. The van der Waals surface area contributed by atoms with Gasteiger partial charge in [0.15, 0.2) is 0 Å². The fourth-order valence-electron chi connectivity index (χ4n) is 2.25. The number of aliphatic hydroxyl groups excluding tert-OH is 1. The van der Waals surface area contributed by atoms with Crippen molar-refractivity contribution in [2.45, 2.75) is 25.1 Å². The van der Waals surface area contributed by atoms with Crippen molar-refractivity contribution in [1.29, 1.82) is 0 Å². The second-order valence-electron chi connectivity index (χ2n) is 4.63. The molecule has 0 amide bonds. The number of hydrogen-bond donors (Lipinski definition) is 1. The molecule has 2 nitrogen and oxygen atoms in total. The average molecular weight is 278 g/mol. The Bertz CT molecular complexity index is 439. The highest BCUT2D eigenvalue weighted by molar-refractivity contribution is 5.29. The highest BCUT2D eigenvalue weighted by Crippen LogP contribution is 2.35.